The zero-order valence-electron chi connectivity index (χ0n) is 11.7. The molecule has 2 heterocycles. The maximum Gasteiger partial charge on any atom is 0.0628 e. The molecule has 2 saturated heterocycles. The zero-order chi connectivity index (χ0) is 12.8. The first-order valence-electron chi connectivity index (χ1n) is 7.50. The van der Waals surface area contributed by atoms with Gasteiger partial charge in [-0.25, -0.2) is 0 Å². The van der Waals surface area contributed by atoms with E-state index in [1.807, 2.05) is 0 Å². The van der Waals surface area contributed by atoms with E-state index in [9.17, 15) is 0 Å². The molecular weight excluding hydrogens is 222 g/mol. The van der Waals surface area contributed by atoms with Crippen molar-refractivity contribution in [1.82, 2.24) is 9.80 Å². The molecule has 3 heteroatoms. The van der Waals surface area contributed by atoms with Crippen molar-refractivity contribution in [3.63, 3.8) is 0 Å². The van der Waals surface area contributed by atoms with E-state index in [0.717, 1.165) is 18.5 Å². The number of fused-ring (bicyclic) bond motifs is 2. The number of rotatable bonds is 4. The Morgan fingerprint density at radius 3 is 2.28 bits per heavy atom. The SMILES string of the molecule is CC(C)N1CC2CCC(C1)N2CC1(CC#N)CC1. The molecule has 0 amide bonds. The molecule has 2 bridgehead atoms. The summed E-state index contributed by atoms with van der Waals surface area (Å²) in [5.74, 6) is 0. The van der Waals surface area contributed by atoms with Gasteiger partial charge in [0.25, 0.3) is 0 Å². The fourth-order valence-electron chi connectivity index (χ4n) is 3.83. The Kier molecular flexibility index (Phi) is 3.11. The Bertz CT molecular complexity index is 339. The van der Waals surface area contributed by atoms with Crippen molar-refractivity contribution in [3.8, 4) is 6.07 Å². The summed E-state index contributed by atoms with van der Waals surface area (Å²) in [6, 6.07) is 4.62. The number of nitrogens with zero attached hydrogens (tertiary/aromatic N) is 3. The lowest BCUT2D eigenvalue weighted by Crippen LogP contribution is -2.56. The van der Waals surface area contributed by atoms with Gasteiger partial charge in [-0.05, 0) is 44.9 Å². The molecule has 1 aliphatic carbocycles. The highest BCUT2D eigenvalue weighted by Crippen LogP contribution is 2.50. The van der Waals surface area contributed by atoms with E-state index in [0.29, 0.717) is 11.5 Å². The number of hydrogen-bond donors (Lipinski definition) is 0. The fraction of sp³-hybridized carbons (Fsp3) is 0.933. The first-order chi connectivity index (χ1) is 8.63. The molecule has 0 aromatic heterocycles. The molecule has 2 unspecified atom stereocenters. The summed E-state index contributed by atoms with van der Waals surface area (Å²) in [6.07, 6.45) is 6.08. The summed E-state index contributed by atoms with van der Waals surface area (Å²) in [4.78, 5) is 5.39. The lowest BCUT2D eigenvalue weighted by molar-refractivity contribution is 0.0360. The van der Waals surface area contributed by atoms with Crippen LogP contribution in [0, 0.1) is 16.7 Å². The van der Waals surface area contributed by atoms with Crippen LogP contribution in [0.4, 0.5) is 0 Å². The highest BCUT2D eigenvalue weighted by molar-refractivity contribution is 5.05. The zero-order valence-corrected chi connectivity index (χ0v) is 11.7. The Morgan fingerprint density at radius 1 is 1.22 bits per heavy atom. The minimum atomic E-state index is 0.385. The van der Waals surface area contributed by atoms with Crippen LogP contribution in [-0.2, 0) is 0 Å². The maximum absolute atomic E-state index is 8.96. The molecule has 1 saturated carbocycles. The van der Waals surface area contributed by atoms with Crippen LogP contribution >= 0.6 is 0 Å². The first-order valence-corrected chi connectivity index (χ1v) is 7.50. The molecule has 2 aliphatic heterocycles. The lowest BCUT2D eigenvalue weighted by Gasteiger charge is -2.44. The Balaban J connectivity index is 1.64. The van der Waals surface area contributed by atoms with Crippen molar-refractivity contribution in [2.45, 2.75) is 64.1 Å². The maximum atomic E-state index is 8.96. The quantitative estimate of drug-likeness (QED) is 0.763. The van der Waals surface area contributed by atoms with Crippen LogP contribution in [0.3, 0.4) is 0 Å². The molecule has 3 fully saturated rings. The van der Waals surface area contributed by atoms with E-state index in [1.165, 1.54) is 45.3 Å². The summed E-state index contributed by atoms with van der Waals surface area (Å²) in [5.41, 5.74) is 0.385. The standard InChI is InChI=1S/C15H25N3/c1-12(2)17-9-13-3-4-14(10-17)18(13)11-15(5-6-15)7-8-16/h12-14H,3-7,9-11H2,1-2H3. The molecule has 2 atom stereocenters. The van der Waals surface area contributed by atoms with Gasteiger partial charge in [-0.3, -0.25) is 9.80 Å². The smallest absolute Gasteiger partial charge is 0.0628 e. The van der Waals surface area contributed by atoms with Gasteiger partial charge in [0, 0.05) is 44.2 Å². The van der Waals surface area contributed by atoms with E-state index in [1.54, 1.807) is 0 Å². The van der Waals surface area contributed by atoms with Crippen LogP contribution in [0.1, 0.15) is 46.0 Å². The second-order valence-corrected chi connectivity index (χ2v) is 6.94. The molecule has 0 radical (unpaired) electrons. The number of hydrogen-bond acceptors (Lipinski definition) is 3. The van der Waals surface area contributed by atoms with Crippen molar-refractivity contribution in [1.29, 1.82) is 5.26 Å². The number of nitriles is 1. The average Bonchev–Trinajstić information content (AvgIpc) is 3.04. The van der Waals surface area contributed by atoms with E-state index in [4.69, 9.17) is 5.26 Å². The average molecular weight is 247 g/mol. The van der Waals surface area contributed by atoms with Gasteiger partial charge in [0.15, 0.2) is 0 Å². The van der Waals surface area contributed by atoms with Crippen molar-refractivity contribution >= 4 is 0 Å². The predicted molar refractivity (Wildman–Crippen MR) is 72.1 cm³/mol. The molecule has 0 spiro atoms. The van der Waals surface area contributed by atoms with Crippen molar-refractivity contribution in [2.24, 2.45) is 5.41 Å². The minimum Gasteiger partial charge on any atom is -0.298 e. The third-order valence-corrected chi connectivity index (χ3v) is 5.32. The summed E-state index contributed by atoms with van der Waals surface area (Å²) in [5, 5.41) is 8.96. The van der Waals surface area contributed by atoms with Crippen LogP contribution in [-0.4, -0.2) is 47.6 Å². The van der Waals surface area contributed by atoms with Crippen LogP contribution < -0.4 is 0 Å². The summed E-state index contributed by atoms with van der Waals surface area (Å²) in [6.45, 7) is 8.32. The third-order valence-electron chi connectivity index (χ3n) is 5.32. The van der Waals surface area contributed by atoms with E-state index >= 15 is 0 Å². The third kappa shape index (κ3) is 2.17. The predicted octanol–water partition coefficient (Wildman–Crippen LogP) is 2.24. The van der Waals surface area contributed by atoms with E-state index in [-0.39, 0.29) is 0 Å². The van der Waals surface area contributed by atoms with Crippen molar-refractivity contribution in [3.05, 3.63) is 0 Å². The highest BCUT2D eigenvalue weighted by atomic mass is 15.3. The van der Waals surface area contributed by atoms with Crippen LogP contribution in [0.25, 0.3) is 0 Å². The first kappa shape index (κ1) is 12.4. The largest absolute Gasteiger partial charge is 0.298 e. The van der Waals surface area contributed by atoms with Crippen molar-refractivity contribution in [2.75, 3.05) is 19.6 Å². The van der Waals surface area contributed by atoms with Gasteiger partial charge in [0.05, 0.1) is 6.07 Å². The minimum absolute atomic E-state index is 0.385. The molecule has 3 nitrogen and oxygen atoms in total. The summed E-state index contributed by atoms with van der Waals surface area (Å²) >= 11 is 0. The van der Waals surface area contributed by atoms with Crippen LogP contribution in [0.5, 0.6) is 0 Å². The van der Waals surface area contributed by atoms with Crippen molar-refractivity contribution < 1.29 is 0 Å². The topological polar surface area (TPSA) is 30.3 Å². The Morgan fingerprint density at radius 2 is 1.83 bits per heavy atom. The monoisotopic (exact) mass is 247 g/mol. The molecular formula is C15H25N3. The van der Waals surface area contributed by atoms with Gasteiger partial charge in [0.2, 0.25) is 0 Å². The van der Waals surface area contributed by atoms with Gasteiger partial charge in [-0.1, -0.05) is 0 Å². The molecule has 3 aliphatic rings. The van der Waals surface area contributed by atoms with Gasteiger partial charge in [-0.15, -0.1) is 0 Å². The summed E-state index contributed by atoms with van der Waals surface area (Å²) < 4.78 is 0. The summed E-state index contributed by atoms with van der Waals surface area (Å²) in [7, 11) is 0. The van der Waals surface area contributed by atoms with Crippen LogP contribution in [0.15, 0.2) is 0 Å². The second kappa shape index (κ2) is 4.51. The second-order valence-electron chi connectivity index (χ2n) is 6.94. The number of piperazine rings is 1. The molecule has 0 N–H and O–H groups in total. The molecule has 0 aromatic rings. The van der Waals surface area contributed by atoms with E-state index < -0.39 is 0 Å². The Hall–Kier alpha value is -0.590. The molecule has 18 heavy (non-hydrogen) atoms. The molecule has 3 rings (SSSR count). The molecule has 100 valence electrons. The van der Waals surface area contributed by atoms with Gasteiger partial charge in [-0.2, -0.15) is 5.26 Å². The van der Waals surface area contributed by atoms with Crippen LogP contribution in [0.2, 0.25) is 0 Å². The normalized spacial score (nSPS) is 34.8. The van der Waals surface area contributed by atoms with Gasteiger partial charge in [0.1, 0.15) is 0 Å². The lowest BCUT2D eigenvalue weighted by atomic mass is 10.0. The van der Waals surface area contributed by atoms with E-state index in [2.05, 4.69) is 29.7 Å². The Labute approximate surface area is 111 Å². The van der Waals surface area contributed by atoms with Gasteiger partial charge >= 0.3 is 0 Å². The highest BCUT2D eigenvalue weighted by Gasteiger charge is 2.49. The number of likely N-dealkylation sites (tertiary alicyclic amines) is 1. The molecule has 0 aromatic carbocycles. The fourth-order valence-corrected chi connectivity index (χ4v) is 3.83. The van der Waals surface area contributed by atoms with Gasteiger partial charge < -0.3 is 0 Å².